The molecule has 2 fully saturated rings. The molecule has 1 aromatic rings. The summed E-state index contributed by atoms with van der Waals surface area (Å²) in [4.78, 5) is 21.2. The number of rotatable bonds is 4. The third-order valence-electron chi connectivity index (χ3n) is 5.80. The third kappa shape index (κ3) is 6.07. The van der Waals surface area contributed by atoms with Crippen molar-refractivity contribution < 1.29 is 9.53 Å². The summed E-state index contributed by atoms with van der Waals surface area (Å²) in [6.07, 6.45) is 1.62. The number of carbonyl (C=O) groups excluding carboxylic acids is 1. The average molecular weight is 514 g/mol. The van der Waals surface area contributed by atoms with Crippen molar-refractivity contribution in [1.82, 2.24) is 15.1 Å². The highest BCUT2D eigenvalue weighted by atomic mass is 127. The number of hydrogen-bond donors (Lipinski definition) is 1. The van der Waals surface area contributed by atoms with Gasteiger partial charge in [-0.25, -0.2) is 0 Å². The highest BCUT2D eigenvalue weighted by Crippen LogP contribution is 2.23. The smallest absolute Gasteiger partial charge is 0.251 e. The molecule has 0 saturated carbocycles. The number of guanidine groups is 1. The van der Waals surface area contributed by atoms with Crippen molar-refractivity contribution in [3.63, 3.8) is 0 Å². The van der Waals surface area contributed by atoms with Gasteiger partial charge >= 0.3 is 0 Å². The van der Waals surface area contributed by atoms with Crippen molar-refractivity contribution in [2.75, 3.05) is 46.4 Å². The van der Waals surface area contributed by atoms with Gasteiger partial charge in [0.25, 0.3) is 5.91 Å². The quantitative estimate of drug-likeness (QED) is 0.382. The number of carbonyl (C=O) groups is 1. The Bertz CT molecular complexity index is 709. The summed E-state index contributed by atoms with van der Waals surface area (Å²) >= 11 is 0. The van der Waals surface area contributed by atoms with Crippen molar-refractivity contribution in [3.05, 3.63) is 35.4 Å². The number of benzene rings is 1. The highest BCUT2D eigenvalue weighted by Gasteiger charge is 2.31. The normalized spacial score (nSPS) is 20.4. The van der Waals surface area contributed by atoms with Crippen molar-refractivity contribution in [3.8, 4) is 0 Å². The molecule has 2 heterocycles. The molecular formula is C22H35IN4O2. The van der Waals surface area contributed by atoms with E-state index in [9.17, 15) is 4.79 Å². The van der Waals surface area contributed by atoms with Crippen LogP contribution in [0.1, 0.15) is 37.8 Å². The molecule has 1 atom stereocenters. The summed E-state index contributed by atoms with van der Waals surface area (Å²) in [5.41, 5.74) is 2.60. The molecule has 1 amide bonds. The fourth-order valence-electron chi connectivity index (χ4n) is 3.92. The molecule has 0 aliphatic carbocycles. The molecule has 3 rings (SSSR count). The van der Waals surface area contributed by atoms with Crippen LogP contribution in [-0.2, 0) is 14.9 Å². The maximum Gasteiger partial charge on any atom is 0.251 e. The van der Waals surface area contributed by atoms with Gasteiger partial charge < -0.3 is 19.9 Å². The van der Waals surface area contributed by atoms with E-state index in [-0.39, 0.29) is 41.4 Å². The van der Waals surface area contributed by atoms with Gasteiger partial charge in [-0.2, -0.15) is 0 Å². The molecule has 1 aromatic carbocycles. The van der Waals surface area contributed by atoms with E-state index >= 15 is 0 Å². The molecule has 0 bridgehead atoms. The summed E-state index contributed by atoms with van der Waals surface area (Å²) in [5.74, 6) is 1.06. The van der Waals surface area contributed by atoms with Crippen molar-refractivity contribution in [2.45, 2.75) is 45.1 Å². The Hall–Kier alpha value is -1.35. The molecule has 2 aliphatic heterocycles. The molecule has 1 unspecified atom stereocenters. The Kier molecular flexibility index (Phi) is 8.75. The van der Waals surface area contributed by atoms with Gasteiger partial charge in [0.05, 0.1) is 0 Å². The van der Waals surface area contributed by atoms with Crippen LogP contribution in [0.15, 0.2) is 29.3 Å². The average Bonchev–Trinajstić information content (AvgIpc) is 3.23. The summed E-state index contributed by atoms with van der Waals surface area (Å²) in [5, 5.41) is 3.54. The zero-order valence-corrected chi connectivity index (χ0v) is 20.4. The Morgan fingerprint density at radius 1 is 1.24 bits per heavy atom. The van der Waals surface area contributed by atoms with E-state index in [1.165, 1.54) is 11.1 Å². The minimum atomic E-state index is -0.223. The molecular weight excluding hydrogens is 479 g/mol. The molecule has 1 N–H and O–H groups in total. The van der Waals surface area contributed by atoms with Gasteiger partial charge in [0.15, 0.2) is 5.96 Å². The number of piperazine rings is 1. The number of ether oxygens (including phenoxy) is 1. The molecule has 0 radical (unpaired) electrons. The van der Waals surface area contributed by atoms with E-state index in [2.05, 4.69) is 60.2 Å². The van der Waals surface area contributed by atoms with Crippen LogP contribution < -0.4 is 5.32 Å². The number of nitrogens with zero attached hydrogens (tertiary/aromatic N) is 3. The molecule has 2 saturated heterocycles. The zero-order valence-electron chi connectivity index (χ0n) is 18.1. The number of halogens is 1. The number of amides is 1. The molecule has 0 aromatic heterocycles. The maximum atomic E-state index is 12.5. The molecule has 29 heavy (non-hydrogen) atoms. The SMILES string of the molecule is CN=C(NCC(C)(C)c1cccc(C)c1)N1CCN(C(=O)C2CCCO2)CC1.I. The second-order valence-corrected chi connectivity index (χ2v) is 8.47. The van der Waals surface area contributed by atoms with Gasteiger partial charge in [0.1, 0.15) is 6.10 Å². The zero-order chi connectivity index (χ0) is 20.1. The Labute approximate surface area is 192 Å². The van der Waals surface area contributed by atoms with Gasteiger partial charge in [-0.15, -0.1) is 24.0 Å². The largest absolute Gasteiger partial charge is 0.368 e. The van der Waals surface area contributed by atoms with Crippen molar-refractivity contribution in [2.24, 2.45) is 4.99 Å². The minimum Gasteiger partial charge on any atom is -0.368 e. The predicted molar refractivity (Wildman–Crippen MR) is 128 cm³/mol. The molecule has 6 nitrogen and oxygen atoms in total. The van der Waals surface area contributed by atoms with E-state index in [1.807, 2.05) is 11.9 Å². The van der Waals surface area contributed by atoms with Crippen LogP contribution in [0.3, 0.4) is 0 Å². The Morgan fingerprint density at radius 2 is 1.93 bits per heavy atom. The Balaban J connectivity index is 0.00000300. The standard InChI is InChI=1S/C22H34N4O2.HI/c1-17-7-5-8-18(15-17)22(2,3)16-24-21(23-4)26-12-10-25(11-13-26)20(27)19-9-6-14-28-19;/h5,7-8,15,19H,6,9-14,16H2,1-4H3,(H,23,24);1H. The molecule has 2 aliphatic rings. The van der Waals surface area contributed by atoms with Crippen LogP contribution in [0.25, 0.3) is 0 Å². The minimum absolute atomic E-state index is 0. The maximum absolute atomic E-state index is 12.5. The van der Waals surface area contributed by atoms with E-state index in [1.54, 1.807) is 0 Å². The highest BCUT2D eigenvalue weighted by molar-refractivity contribution is 14.0. The summed E-state index contributed by atoms with van der Waals surface area (Å²) < 4.78 is 5.55. The van der Waals surface area contributed by atoms with Crippen LogP contribution >= 0.6 is 24.0 Å². The fourth-order valence-corrected chi connectivity index (χ4v) is 3.92. The van der Waals surface area contributed by atoms with Gasteiger partial charge in [-0.05, 0) is 25.3 Å². The van der Waals surface area contributed by atoms with Crippen molar-refractivity contribution in [1.29, 1.82) is 0 Å². The van der Waals surface area contributed by atoms with E-state index < -0.39 is 0 Å². The number of hydrogen-bond acceptors (Lipinski definition) is 3. The number of aliphatic imine (C=N–C) groups is 1. The van der Waals surface area contributed by atoms with E-state index in [0.29, 0.717) is 6.61 Å². The second-order valence-electron chi connectivity index (χ2n) is 8.47. The predicted octanol–water partition coefficient (Wildman–Crippen LogP) is 2.79. The lowest BCUT2D eigenvalue weighted by Gasteiger charge is -2.38. The van der Waals surface area contributed by atoms with Crippen LogP contribution in [0.5, 0.6) is 0 Å². The third-order valence-corrected chi connectivity index (χ3v) is 5.80. The Morgan fingerprint density at radius 3 is 2.52 bits per heavy atom. The summed E-state index contributed by atoms with van der Waals surface area (Å²) in [7, 11) is 1.83. The summed E-state index contributed by atoms with van der Waals surface area (Å²) in [6, 6.07) is 8.68. The second kappa shape index (κ2) is 10.6. The lowest BCUT2D eigenvalue weighted by atomic mass is 9.84. The van der Waals surface area contributed by atoms with Gasteiger partial charge in [0.2, 0.25) is 0 Å². The first-order valence-electron chi connectivity index (χ1n) is 10.3. The van der Waals surface area contributed by atoms with Crippen LogP contribution in [0.4, 0.5) is 0 Å². The lowest BCUT2D eigenvalue weighted by molar-refractivity contribution is -0.142. The monoisotopic (exact) mass is 514 g/mol. The first kappa shape index (κ1) is 23.9. The molecule has 0 spiro atoms. The van der Waals surface area contributed by atoms with Crippen LogP contribution in [-0.4, -0.2) is 74.1 Å². The number of nitrogens with one attached hydrogen (secondary N) is 1. The van der Waals surface area contributed by atoms with Crippen LogP contribution in [0.2, 0.25) is 0 Å². The molecule has 7 heteroatoms. The first-order chi connectivity index (χ1) is 13.4. The van der Waals surface area contributed by atoms with Crippen LogP contribution in [0, 0.1) is 6.92 Å². The summed E-state index contributed by atoms with van der Waals surface area (Å²) in [6.45, 7) is 11.2. The van der Waals surface area contributed by atoms with Gasteiger partial charge in [0, 0.05) is 51.8 Å². The van der Waals surface area contributed by atoms with Crippen molar-refractivity contribution >= 4 is 35.8 Å². The van der Waals surface area contributed by atoms with E-state index in [0.717, 1.165) is 51.5 Å². The van der Waals surface area contributed by atoms with E-state index in [4.69, 9.17) is 4.74 Å². The topological polar surface area (TPSA) is 57.2 Å². The first-order valence-corrected chi connectivity index (χ1v) is 10.3. The van der Waals surface area contributed by atoms with Gasteiger partial charge in [-0.1, -0.05) is 43.7 Å². The lowest BCUT2D eigenvalue weighted by Crippen LogP contribution is -2.56. The molecule has 162 valence electrons. The van der Waals surface area contributed by atoms with Gasteiger partial charge in [-0.3, -0.25) is 9.79 Å². The number of aryl methyl sites for hydroxylation is 1. The fraction of sp³-hybridized carbons (Fsp3) is 0.636.